The lowest BCUT2D eigenvalue weighted by Crippen LogP contribution is -2.43. The maximum Gasteiger partial charge on any atom is 0.407 e. The molecule has 2 aromatic carbocycles. The largest absolute Gasteiger partial charge is 0.489 e. The molecule has 1 N–H and O–H groups in total. The maximum atomic E-state index is 14.2. The van der Waals surface area contributed by atoms with E-state index in [0.29, 0.717) is 36.3 Å². The summed E-state index contributed by atoms with van der Waals surface area (Å²) in [5.74, 6) is 0.559. The third-order valence-electron chi connectivity index (χ3n) is 8.19. The molecule has 2 fully saturated rings. The topological polar surface area (TPSA) is 99.1 Å². The molecule has 2 saturated heterocycles. The lowest BCUT2D eigenvalue weighted by molar-refractivity contribution is 0.0746. The first-order valence-electron chi connectivity index (χ1n) is 14.5. The molecule has 216 valence electrons. The predicted octanol–water partition coefficient (Wildman–Crippen LogP) is 5.69. The molecule has 2 aliphatic rings. The number of carbonyl (C=O) groups excluding carboxylic acids is 1. The maximum absolute atomic E-state index is 14.2. The molecule has 6 rings (SSSR count). The van der Waals surface area contributed by atoms with Gasteiger partial charge in [-0.15, -0.1) is 0 Å². The molecule has 9 nitrogen and oxygen atoms in total. The summed E-state index contributed by atoms with van der Waals surface area (Å²) in [6, 6.07) is 21.4. The van der Waals surface area contributed by atoms with Crippen LogP contribution in [0.25, 0.3) is 22.3 Å². The number of carboxylic acid groups (broad SMARTS) is 1. The van der Waals surface area contributed by atoms with Gasteiger partial charge in [-0.3, -0.25) is 9.78 Å². The van der Waals surface area contributed by atoms with E-state index in [1.54, 1.807) is 18.1 Å². The van der Waals surface area contributed by atoms with Gasteiger partial charge >= 0.3 is 6.09 Å². The third kappa shape index (κ3) is 5.72. The lowest BCUT2D eigenvalue weighted by atomic mass is 10.1. The molecule has 0 bridgehead atoms. The Labute approximate surface area is 245 Å². The van der Waals surface area contributed by atoms with Gasteiger partial charge < -0.3 is 24.5 Å². The predicted molar refractivity (Wildman–Crippen MR) is 162 cm³/mol. The second-order valence-electron chi connectivity index (χ2n) is 11.0. The molecule has 4 heterocycles. The Morgan fingerprint density at radius 3 is 2.60 bits per heavy atom. The number of amides is 2. The molecule has 2 aromatic heterocycles. The minimum Gasteiger partial charge on any atom is -0.489 e. The first-order valence-corrected chi connectivity index (χ1v) is 14.5. The second-order valence-corrected chi connectivity index (χ2v) is 11.0. The van der Waals surface area contributed by atoms with Gasteiger partial charge in [-0.05, 0) is 55.5 Å². The Kier molecular flexibility index (Phi) is 7.90. The molecule has 0 aliphatic carbocycles. The zero-order valence-electron chi connectivity index (χ0n) is 23.8. The van der Waals surface area contributed by atoms with Gasteiger partial charge in [0.2, 0.25) is 0 Å². The number of hydrogen-bond acceptors (Lipinski definition) is 6. The van der Waals surface area contributed by atoms with Crippen molar-refractivity contribution in [2.75, 3.05) is 38.1 Å². The van der Waals surface area contributed by atoms with Crippen molar-refractivity contribution in [3.8, 4) is 17.0 Å². The van der Waals surface area contributed by atoms with E-state index in [4.69, 9.17) is 14.7 Å². The Morgan fingerprint density at radius 2 is 1.81 bits per heavy atom. The summed E-state index contributed by atoms with van der Waals surface area (Å²) in [6.45, 7) is 3.00. The molecule has 4 aromatic rings. The highest BCUT2D eigenvalue weighted by Gasteiger charge is 2.32. The van der Waals surface area contributed by atoms with Crippen LogP contribution in [0.3, 0.4) is 0 Å². The number of likely N-dealkylation sites (tertiary alicyclic amines) is 1. The number of nitrogens with zero attached hydrogens (tertiary/aromatic N) is 5. The highest BCUT2D eigenvalue weighted by Crippen LogP contribution is 2.32. The molecule has 1 atom stereocenters. The first kappa shape index (κ1) is 27.5. The molecule has 0 unspecified atom stereocenters. The van der Waals surface area contributed by atoms with Crippen LogP contribution >= 0.6 is 0 Å². The minimum atomic E-state index is -0.938. The lowest BCUT2D eigenvalue weighted by Gasteiger charge is -2.28. The Morgan fingerprint density at radius 1 is 1.00 bits per heavy atom. The van der Waals surface area contributed by atoms with Crippen LogP contribution in [-0.4, -0.2) is 76.1 Å². The van der Waals surface area contributed by atoms with E-state index in [2.05, 4.69) is 4.90 Å². The number of ether oxygens (including phenoxy) is 1. The zero-order chi connectivity index (χ0) is 29.1. The average molecular weight is 566 g/mol. The van der Waals surface area contributed by atoms with Crippen LogP contribution in [0.1, 0.15) is 41.6 Å². The number of rotatable bonds is 8. The van der Waals surface area contributed by atoms with E-state index in [0.717, 1.165) is 67.0 Å². The van der Waals surface area contributed by atoms with E-state index >= 15 is 0 Å². The summed E-state index contributed by atoms with van der Waals surface area (Å²) in [5.41, 5.74) is 5.17. The van der Waals surface area contributed by atoms with Gasteiger partial charge in [0.15, 0.2) is 0 Å². The SMILES string of the molecule is CN(C[C@@H]1CCCN1C(=O)O)C(=O)c1c(N2CCCC2)cnc2ccc(-c3cccc(OCc4ccccc4)c3)nc12. The van der Waals surface area contributed by atoms with Crippen LogP contribution in [0.4, 0.5) is 10.5 Å². The molecule has 2 aliphatic heterocycles. The Bertz CT molecular complexity index is 1590. The van der Waals surface area contributed by atoms with Gasteiger partial charge in [-0.1, -0.05) is 42.5 Å². The van der Waals surface area contributed by atoms with E-state index in [1.165, 1.54) is 4.90 Å². The summed E-state index contributed by atoms with van der Waals surface area (Å²) in [4.78, 5) is 40.9. The number of likely N-dealkylation sites (N-methyl/N-ethyl adjacent to an activating group) is 1. The molecule has 0 spiro atoms. The van der Waals surface area contributed by atoms with Gasteiger partial charge in [0.05, 0.1) is 34.7 Å². The van der Waals surface area contributed by atoms with Crippen molar-refractivity contribution in [3.63, 3.8) is 0 Å². The molecule has 42 heavy (non-hydrogen) atoms. The average Bonchev–Trinajstić information content (AvgIpc) is 3.72. The third-order valence-corrected chi connectivity index (χ3v) is 8.19. The van der Waals surface area contributed by atoms with Crippen molar-refractivity contribution < 1.29 is 19.4 Å². The summed E-state index contributed by atoms with van der Waals surface area (Å²) in [5, 5.41) is 9.62. The number of pyridine rings is 2. The molecule has 0 radical (unpaired) electrons. The molecule has 0 saturated carbocycles. The quantitative estimate of drug-likeness (QED) is 0.293. The number of aromatic nitrogens is 2. The number of hydrogen-bond donors (Lipinski definition) is 1. The van der Waals surface area contributed by atoms with E-state index in [-0.39, 0.29) is 11.9 Å². The Hall–Kier alpha value is -4.66. The number of fused-ring (bicyclic) bond motifs is 1. The molecule has 2 amide bonds. The summed E-state index contributed by atoms with van der Waals surface area (Å²) < 4.78 is 6.06. The van der Waals surface area contributed by atoms with Crippen LogP contribution in [0, 0.1) is 0 Å². The number of benzene rings is 2. The fourth-order valence-electron chi connectivity index (χ4n) is 5.98. The van der Waals surface area contributed by atoms with Gasteiger partial charge in [0.1, 0.15) is 17.9 Å². The first-order chi connectivity index (χ1) is 20.5. The van der Waals surface area contributed by atoms with E-state index in [9.17, 15) is 14.7 Å². The van der Waals surface area contributed by atoms with E-state index in [1.807, 2.05) is 66.7 Å². The van der Waals surface area contributed by atoms with Gasteiger partial charge in [-0.2, -0.15) is 0 Å². The molecular formula is C33H35N5O4. The molecular weight excluding hydrogens is 530 g/mol. The zero-order valence-corrected chi connectivity index (χ0v) is 23.8. The summed E-state index contributed by atoms with van der Waals surface area (Å²) in [7, 11) is 1.75. The van der Waals surface area contributed by atoms with E-state index < -0.39 is 6.09 Å². The number of anilines is 1. The highest BCUT2D eigenvalue weighted by molar-refractivity contribution is 6.09. The van der Waals surface area contributed by atoms with Crippen LogP contribution in [0.2, 0.25) is 0 Å². The number of carbonyl (C=O) groups is 2. The summed E-state index contributed by atoms with van der Waals surface area (Å²) in [6.07, 6.45) is 4.50. The van der Waals surface area contributed by atoms with Crippen molar-refractivity contribution in [1.29, 1.82) is 0 Å². The highest BCUT2D eigenvalue weighted by atomic mass is 16.5. The van der Waals surface area contributed by atoms with Crippen LogP contribution < -0.4 is 9.64 Å². The second kappa shape index (κ2) is 12.1. The van der Waals surface area contributed by atoms with Crippen molar-refractivity contribution in [2.24, 2.45) is 0 Å². The van der Waals surface area contributed by atoms with Crippen LogP contribution in [0.15, 0.2) is 72.9 Å². The smallest absolute Gasteiger partial charge is 0.407 e. The Balaban J connectivity index is 1.34. The van der Waals surface area contributed by atoms with Crippen LogP contribution in [-0.2, 0) is 6.61 Å². The summed E-state index contributed by atoms with van der Waals surface area (Å²) >= 11 is 0. The fourth-order valence-corrected chi connectivity index (χ4v) is 5.98. The standard InChI is InChI=1S/C33H35N5O4/c1-36(21-25-12-8-18-38(25)33(40)41)32(39)30-29(37-16-5-6-17-37)20-34-28-15-14-27(35-31(28)30)24-11-7-13-26(19-24)42-22-23-9-3-2-4-10-23/h2-4,7,9-11,13-15,19-20,25H,5-6,8,12,16-18,21-22H2,1H3,(H,40,41)/t25-/m0/s1. The van der Waals surface area contributed by atoms with Gasteiger partial charge in [-0.25, -0.2) is 9.78 Å². The minimum absolute atomic E-state index is 0.175. The van der Waals surface area contributed by atoms with Crippen molar-refractivity contribution in [2.45, 2.75) is 38.3 Å². The van der Waals surface area contributed by atoms with Crippen molar-refractivity contribution in [1.82, 2.24) is 19.8 Å². The van der Waals surface area contributed by atoms with Crippen LogP contribution in [0.5, 0.6) is 5.75 Å². The normalized spacial score (nSPS) is 16.6. The van der Waals surface area contributed by atoms with Crippen molar-refractivity contribution in [3.05, 3.63) is 84.1 Å². The van der Waals surface area contributed by atoms with Gasteiger partial charge in [0.25, 0.3) is 5.91 Å². The van der Waals surface area contributed by atoms with Gasteiger partial charge in [0, 0.05) is 38.8 Å². The van der Waals surface area contributed by atoms with Crippen molar-refractivity contribution >= 4 is 28.7 Å². The monoisotopic (exact) mass is 565 g/mol. The fraction of sp³-hybridized carbons (Fsp3) is 0.333. The molecule has 9 heteroatoms.